The van der Waals surface area contributed by atoms with Gasteiger partial charge in [-0.05, 0) is 6.92 Å². The highest BCUT2D eigenvalue weighted by atomic mass is 16.6. The molecule has 1 saturated heterocycles. The van der Waals surface area contributed by atoms with Gasteiger partial charge in [0.25, 0.3) is 0 Å². The number of aromatic nitrogens is 4. The van der Waals surface area contributed by atoms with Gasteiger partial charge in [-0.15, -0.1) is 0 Å². The van der Waals surface area contributed by atoms with Crippen molar-refractivity contribution in [1.82, 2.24) is 19.5 Å². The minimum Gasteiger partial charge on any atom is -0.394 e. The van der Waals surface area contributed by atoms with Crippen molar-refractivity contribution in [2.75, 3.05) is 25.6 Å². The van der Waals surface area contributed by atoms with Crippen LogP contribution < -0.4 is 5.32 Å². The summed E-state index contributed by atoms with van der Waals surface area (Å²) >= 11 is 0. The van der Waals surface area contributed by atoms with Crippen molar-refractivity contribution >= 4 is 17.0 Å². The summed E-state index contributed by atoms with van der Waals surface area (Å²) in [6.45, 7) is 2.39. The maximum Gasteiger partial charge on any atom is 0.167 e. The van der Waals surface area contributed by atoms with Gasteiger partial charge in [-0.3, -0.25) is 4.57 Å². The highest BCUT2D eigenvalue weighted by molar-refractivity contribution is 5.82. The van der Waals surface area contributed by atoms with E-state index in [0.717, 1.165) is 0 Å². The molecular formula is C13H19N5O4. The van der Waals surface area contributed by atoms with E-state index >= 15 is 0 Å². The number of fused-ring (bicyclic) bond motifs is 1. The number of nitrogens with zero attached hydrogens (tertiary/aromatic N) is 4. The number of ether oxygens (including phenoxy) is 2. The number of anilines is 1. The normalized spacial score (nSPS) is 28.4. The number of rotatable bonds is 5. The summed E-state index contributed by atoms with van der Waals surface area (Å²) in [7, 11) is 1.49. The Bertz CT molecular complexity index is 648. The zero-order chi connectivity index (χ0) is 15.7. The molecule has 4 atom stereocenters. The quantitative estimate of drug-likeness (QED) is 0.679. The van der Waals surface area contributed by atoms with Gasteiger partial charge in [0.1, 0.15) is 24.6 Å². The van der Waals surface area contributed by atoms with E-state index in [1.54, 1.807) is 10.9 Å². The van der Waals surface area contributed by atoms with Crippen LogP contribution in [0.25, 0.3) is 11.2 Å². The molecule has 3 heterocycles. The topological polar surface area (TPSA) is 115 Å². The molecule has 120 valence electrons. The molecule has 0 radical (unpaired) electrons. The van der Waals surface area contributed by atoms with E-state index < -0.39 is 24.5 Å². The summed E-state index contributed by atoms with van der Waals surface area (Å²) in [5.74, 6) is 0.637. The number of aliphatic hydroxyl groups is 2. The molecule has 0 amide bonds. The van der Waals surface area contributed by atoms with Crippen molar-refractivity contribution < 1.29 is 19.7 Å². The summed E-state index contributed by atoms with van der Waals surface area (Å²) in [6.07, 6.45) is 0.145. The molecule has 0 aromatic carbocycles. The standard InChI is InChI=1S/C13H19N5O4/c1-3-14-11-8-12(16-5-15-11)18(6-17-8)13-10(21-2)9(20)7(4-19)22-13/h5-7,9-10,13,19-20H,3-4H2,1-2H3,(H,14,15,16)/t7-,9?,10?,13-/m1/s1. The predicted octanol–water partition coefficient (Wildman–Crippen LogP) is -0.476. The SMILES string of the molecule is CCNc1ncnc2c1ncn2[C@@H]1O[C@H](CO)C(O)C1OC. The van der Waals surface area contributed by atoms with Gasteiger partial charge >= 0.3 is 0 Å². The van der Waals surface area contributed by atoms with E-state index in [1.807, 2.05) is 6.92 Å². The van der Waals surface area contributed by atoms with Crippen LogP contribution in [0.2, 0.25) is 0 Å². The molecule has 2 unspecified atom stereocenters. The Kier molecular flexibility index (Phi) is 4.21. The average molecular weight is 309 g/mol. The van der Waals surface area contributed by atoms with Gasteiger partial charge in [0, 0.05) is 13.7 Å². The van der Waals surface area contributed by atoms with Crippen molar-refractivity contribution in [3.63, 3.8) is 0 Å². The number of hydrogen-bond acceptors (Lipinski definition) is 8. The first-order valence-electron chi connectivity index (χ1n) is 7.09. The fraction of sp³-hybridized carbons (Fsp3) is 0.615. The summed E-state index contributed by atoms with van der Waals surface area (Å²) in [5, 5.41) is 22.6. The van der Waals surface area contributed by atoms with E-state index in [4.69, 9.17) is 9.47 Å². The lowest BCUT2D eigenvalue weighted by molar-refractivity contribution is -0.0583. The Morgan fingerprint density at radius 3 is 2.91 bits per heavy atom. The first kappa shape index (κ1) is 15.1. The van der Waals surface area contributed by atoms with Crippen LogP contribution >= 0.6 is 0 Å². The molecule has 1 aliphatic heterocycles. The third-order valence-corrected chi connectivity index (χ3v) is 3.74. The van der Waals surface area contributed by atoms with Crippen molar-refractivity contribution in [3.05, 3.63) is 12.7 Å². The van der Waals surface area contributed by atoms with Crippen LogP contribution in [-0.2, 0) is 9.47 Å². The van der Waals surface area contributed by atoms with Crippen molar-refractivity contribution in [2.45, 2.75) is 31.5 Å². The monoisotopic (exact) mass is 309 g/mol. The highest BCUT2D eigenvalue weighted by Gasteiger charge is 2.45. The van der Waals surface area contributed by atoms with Crippen LogP contribution in [0.15, 0.2) is 12.7 Å². The fourth-order valence-corrected chi connectivity index (χ4v) is 2.68. The van der Waals surface area contributed by atoms with Gasteiger partial charge in [0.15, 0.2) is 23.2 Å². The zero-order valence-corrected chi connectivity index (χ0v) is 12.4. The molecule has 1 fully saturated rings. The maximum absolute atomic E-state index is 10.1. The number of hydrogen-bond donors (Lipinski definition) is 3. The summed E-state index contributed by atoms with van der Waals surface area (Å²) in [5.41, 5.74) is 1.19. The molecule has 2 aromatic rings. The van der Waals surface area contributed by atoms with Crippen LogP contribution in [0.5, 0.6) is 0 Å². The Morgan fingerprint density at radius 1 is 1.41 bits per heavy atom. The van der Waals surface area contributed by atoms with E-state index in [9.17, 15) is 10.2 Å². The second-order valence-electron chi connectivity index (χ2n) is 5.02. The third kappa shape index (κ3) is 2.31. The minimum absolute atomic E-state index is 0.290. The van der Waals surface area contributed by atoms with Crippen molar-refractivity contribution in [1.29, 1.82) is 0 Å². The van der Waals surface area contributed by atoms with Gasteiger partial charge in [0.05, 0.1) is 12.9 Å². The van der Waals surface area contributed by atoms with Crippen LogP contribution in [0, 0.1) is 0 Å². The van der Waals surface area contributed by atoms with Crippen molar-refractivity contribution in [2.24, 2.45) is 0 Å². The molecule has 9 nitrogen and oxygen atoms in total. The lowest BCUT2D eigenvalue weighted by Crippen LogP contribution is -2.34. The largest absolute Gasteiger partial charge is 0.394 e. The Balaban J connectivity index is 2.01. The Labute approximate surface area is 126 Å². The molecule has 3 rings (SSSR count). The van der Waals surface area contributed by atoms with E-state index in [2.05, 4.69) is 20.3 Å². The van der Waals surface area contributed by atoms with Gasteiger partial charge in [-0.25, -0.2) is 15.0 Å². The second-order valence-corrected chi connectivity index (χ2v) is 5.02. The smallest absolute Gasteiger partial charge is 0.167 e. The molecular weight excluding hydrogens is 290 g/mol. The van der Waals surface area contributed by atoms with Crippen LogP contribution in [0.1, 0.15) is 13.2 Å². The van der Waals surface area contributed by atoms with Crippen LogP contribution in [0.3, 0.4) is 0 Å². The summed E-state index contributed by atoms with van der Waals surface area (Å²) < 4.78 is 12.7. The summed E-state index contributed by atoms with van der Waals surface area (Å²) in [4.78, 5) is 12.7. The molecule has 0 bridgehead atoms. The van der Waals surface area contributed by atoms with E-state index in [0.29, 0.717) is 23.5 Å². The Morgan fingerprint density at radius 2 is 2.23 bits per heavy atom. The van der Waals surface area contributed by atoms with E-state index in [1.165, 1.54) is 13.4 Å². The molecule has 0 aliphatic carbocycles. The van der Waals surface area contributed by atoms with Gasteiger partial charge < -0.3 is 25.0 Å². The molecule has 0 saturated carbocycles. The first-order valence-corrected chi connectivity index (χ1v) is 7.09. The molecule has 22 heavy (non-hydrogen) atoms. The van der Waals surface area contributed by atoms with Gasteiger partial charge in [-0.1, -0.05) is 0 Å². The molecule has 0 spiro atoms. The number of nitrogens with one attached hydrogen (secondary N) is 1. The van der Waals surface area contributed by atoms with Gasteiger partial charge in [-0.2, -0.15) is 0 Å². The summed E-state index contributed by atoms with van der Waals surface area (Å²) in [6, 6.07) is 0. The predicted molar refractivity (Wildman–Crippen MR) is 77.3 cm³/mol. The minimum atomic E-state index is -0.924. The zero-order valence-electron chi connectivity index (χ0n) is 12.4. The molecule has 3 N–H and O–H groups in total. The lowest BCUT2D eigenvalue weighted by atomic mass is 10.1. The highest BCUT2D eigenvalue weighted by Crippen LogP contribution is 2.33. The maximum atomic E-state index is 10.1. The van der Waals surface area contributed by atoms with E-state index in [-0.39, 0.29) is 6.61 Å². The van der Waals surface area contributed by atoms with Crippen molar-refractivity contribution in [3.8, 4) is 0 Å². The Hall–Kier alpha value is -1.81. The fourth-order valence-electron chi connectivity index (χ4n) is 2.68. The van der Waals surface area contributed by atoms with Gasteiger partial charge in [0.2, 0.25) is 0 Å². The second kappa shape index (κ2) is 6.13. The molecule has 9 heteroatoms. The number of aliphatic hydroxyl groups excluding tert-OH is 2. The molecule has 2 aromatic heterocycles. The lowest BCUT2D eigenvalue weighted by Gasteiger charge is -2.19. The number of methoxy groups -OCH3 is 1. The third-order valence-electron chi connectivity index (χ3n) is 3.74. The first-order chi connectivity index (χ1) is 10.7. The average Bonchev–Trinajstić information content (AvgIpc) is 3.08. The van der Waals surface area contributed by atoms with Crippen LogP contribution in [-0.4, -0.2) is 68.3 Å². The van der Waals surface area contributed by atoms with Crippen LogP contribution in [0.4, 0.5) is 5.82 Å². The number of imidazole rings is 1. The molecule has 1 aliphatic rings.